The van der Waals surface area contributed by atoms with E-state index in [1.165, 1.54) is 19.3 Å². The highest BCUT2D eigenvalue weighted by Gasteiger charge is 2.25. The molecule has 0 atom stereocenters. The molecule has 0 amide bonds. The summed E-state index contributed by atoms with van der Waals surface area (Å²) in [7, 11) is 0. The molecule has 132 valence electrons. The van der Waals surface area contributed by atoms with E-state index in [9.17, 15) is 0 Å². The first kappa shape index (κ1) is 16.8. The largest absolute Gasteiger partial charge is 0.483 e. The Morgan fingerprint density at radius 3 is 2.64 bits per heavy atom. The third-order valence-corrected chi connectivity index (χ3v) is 5.33. The number of oxazole rings is 1. The first-order valence-electron chi connectivity index (χ1n) is 8.65. The topological polar surface area (TPSA) is 39.7 Å². The molecule has 1 aliphatic rings. The maximum Gasteiger partial charge on any atom is 0.266 e. The predicted molar refractivity (Wildman–Crippen MR) is 99.9 cm³/mol. The Kier molecular flexibility index (Phi) is 4.42. The minimum atomic E-state index is 0.244. The van der Waals surface area contributed by atoms with Gasteiger partial charge in [-0.1, -0.05) is 29.6 Å². The van der Waals surface area contributed by atoms with Crippen molar-refractivity contribution in [1.29, 1.82) is 0 Å². The van der Waals surface area contributed by atoms with Crippen LogP contribution in [0.1, 0.15) is 43.6 Å². The van der Waals surface area contributed by atoms with Crippen LogP contribution in [0.2, 0.25) is 10.0 Å². The van der Waals surface area contributed by atoms with Gasteiger partial charge in [-0.3, -0.25) is 0 Å². The second-order valence-corrected chi connectivity index (χ2v) is 7.48. The lowest BCUT2D eigenvalue weighted by Crippen LogP contribution is -2.19. The van der Waals surface area contributed by atoms with E-state index in [-0.39, 0.29) is 6.10 Å². The molecule has 2 heterocycles. The molecule has 0 spiro atoms. The fourth-order valence-corrected chi connectivity index (χ4v) is 4.04. The normalized spacial score (nSPS) is 15.8. The summed E-state index contributed by atoms with van der Waals surface area (Å²) in [5, 5.41) is 5.82. The average molecular weight is 379 g/mol. The van der Waals surface area contributed by atoms with Gasteiger partial charge in [0.2, 0.25) is 5.75 Å². The summed E-state index contributed by atoms with van der Waals surface area (Å²) < 4.78 is 14.1. The Balaban J connectivity index is 1.79. The number of rotatable bonds is 3. The monoisotopic (exact) mass is 378 g/mol. The van der Waals surface area contributed by atoms with Crippen LogP contribution in [0.15, 0.2) is 22.6 Å². The number of nitrogens with zero attached hydrogens (tertiary/aromatic N) is 2. The Morgan fingerprint density at radius 1 is 1.16 bits per heavy atom. The van der Waals surface area contributed by atoms with Crippen molar-refractivity contribution in [3.05, 3.63) is 39.7 Å². The number of benzene rings is 1. The third-order valence-electron chi connectivity index (χ3n) is 4.78. The molecule has 25 heavy (non-hydrogen) atoms. The molecule has 0 bridgehead atoms. The van der Waals surface area contributed by atoms with E-state index < -0.39 is 0 Å². The number of halogens is 2. The van der Waals surface area contributed by atoms with Crippen LogP contribution in [0.4, 0.5) is 0 Å². The summed E-state index contributed by atoms with van der Waals surface area (Å²) in [6, 6.07) is 5.43. The van der Waals surface area contributed by atoms with Gasteiger partial charge < -0.3 is 9.15 Å². The zero-order chi connectivity index (χ0) is 17.6. The molecule has 0 saturated heterocycles. The first-order valence-corrected chi connectivity index (χ1v) is 9.41. The average Bonchev–Trinajstić information content (AvgIpc) is 3.04. The van der Waals surface area contributed by atoms with Crippen molar-refractivity contribution >= 4 is 28.9 Å². The van der Waals surface area contributed by atoms with Gasteiger partial charge in [-0.2, -0.15) is 9.61 Å². The van der Waals surface area contributed by atoms with E-state index in [1.54, 1.807) is 10.6 Å². The Labute approximate surface area is 156 Å². The molecule has 4 nitrogen and oxygen atoms in total. The van der Waals surface area contributed by atoms with Crippen LogP contribution in [-0.2, 0) is 0 Å². The standard InChI is InChI=1S/C19H20Cl2N2O2/c1-11-18(25-14-6-4-3-5-7-14)19-23(22-11)17(12(2)24-19)15-9-8-13(20)10-16(15)21/h8-10,14H,3-7H2,1-2H3. The Hall–Kier alpha value is -1.65. The van der Waals surface area contributed by atoms with E-state index in [1.807, 2.05) is 26.0 Å². The number of ether oxygens (including phenoxy) is 1. The molecule has 6 heteroatoms. The molecule has 1 fully saturated rings. The number of hydrogen-bond acceptors (Lipinski definition) is 3. The molecule has 1 saturated carbocycles. The fourth-order valence-electron chi connectivity index (χ4n) is 3.55. The minimum Gasteiger partial charge on any atom is -0.483 e. The number of fused-ring (bicyclic) bond motifs is 1. The molecule has 3 aromatic rings. The van der Waals surface area contributed by atoms with Crippen LogP contribution in [0.3, 0.4) is 0 Å². The molecule has 0 radical (unpaired) electrons. The van der Waals surface area contributed by atoms with E-state index in [4.69, 9.17) is 32.4 Å². The van der Waals surface area contributed by atoms with E-state index >= 15 is 0 Å². The summed E-state index contributed by atoms with van der Waals surface area (Å²) >= 11 is 12.4. The molecule has 0 unspecified atom stereocenters. The van der Waals surface area contributed by atoms with Crippen LogP contribution >= 0.6 is 23.2 Å². The van der Waals surface area contributed by atoms with Crippen molar-refractivity contribution in [2.45, 2.75) is 52.1 Å². The smallest absolute Gasteiger partial charge is 0.266 e. The number of aryl methyl sites for hydroxylation is 2. The summed E-state index contributed by atoms with van der Waals surface area (Å²) in [4.78, 5) is 0. The van der Waals surface area contributed by atoms with Crippen molar-refractivity contribution in [1.82, 2.24) is 9.61 Å². The first-order chi connectivity index (χ1) is 12.0. The highest BCUT2D eigenvalue weighted by molar-refractivity contribution is 6.36. The highest BCUT2D eigenvalue weighted by atomic mass is 35.5. The quantitative estimate of drug-likeness (QED) is 0.542. The van der Waals surface area contributed by atoms with Gasteiger partial charge in [0, 0.05) is 10.6 Å². The lowest BCUT2D eigenvalue weighted by Gasteiger charge is -2.22. The van der Waals surface area contributed by atoms with Gasteiger partial charge in [0.25, 0.3) is 5.71 Å². The van der Waals surface area contributed by atoms with Crippen LogP contribution in [0.25, 0.3) is 17.0 Å². The van der Waals surface area contributed by atoms with E-state index in [0.717, 1.165) is 41.3 Å². The molecule has 1 aromatic carbocycles. The SMILES string of the molecule is Cc1nn2c(-c3ccc(Cl)cc3Cl)c(C)oc2c1OC1CCCCC1. The van der Waals surface area contributed by atoms with Crippen molar-refractivity contribution in [3.63, 3.8) is 0 Å². The Bertz CT molecular complexity index is 923. The summed E-state index contributed by atoms with van der Waals surface area (Å²) in [6.45, 7) is 3.86. The minimum absolute atomic E-state index is 0.244. The molecular weight excluding hydrogens is 359 g/mol. The molecule has 0 N–H and O–H groups in total. The highest BCUT2D eigenvalue weighted by Crippen LogP contribution is 2.38. The second-order valence-electron chi connectivity index (χ2n) is 6.64. The van der Waals surface area contributed by atoms with E-state index in [0.29, 0.717) is 15.8 Å². The zero-order valence-corrected chi connectivity index (χ0v) is 15.8. The van der Waals surface area contributed by atoms with Gasteiger partial charge in [-0.25, -0.2) is 0 Å². The van der Waals surface area contributed by atoms with Gasteiger partial charge in [0.15, 0.2) is 0 Å². The molecule has 2 aromatic heterocycles. The lowest BCUT2D eigenvalue weighted by atomic mass is 9.98. The van der Waals surface area contributed by atoms with Gasteiger partial charge in [0.05, 0.1) is 11.1 Å². The van der Waals surface area contributed by atoms with Gasteiger partial charge >= 0.3 is 0 Å². The maximum atomic E-state index is 6.40. The second kappa shape index (κ2) is 6.58. The molecule has 0 aliphatic heterocycles. The van der Waals surface area contributed by atoms with Crippen molar-refractivity contribution in [3.8, 4) is 17.0 Å². The predicted octanol–water partition coefficient (Wildman–Crippen LogP) is 6.23. The zero-order valence-electron chi connectivity index (χ0n) is 14.3. The van der Waals surface area contributed by atoms with Gasteiger partial charge in [0.1, 0.15) is 17.1 Å². The van der Waals surface area contributed by atoms with Crippen LogP contribution in [0.5, 0.6) is 5.75 Å². The Morgan fingerprint density at radius 2 is 1.92 bits per heavy atom. The molecule has 4 rings (SSSR count). The van der Waals surface area contributed by atoms with Crippen molar-refractivity contribution in [2.24, 2.45) is 0 Å². The lowest BCUT2D eigenvalue weighted by molar-refractivity contribution is 0.154. The van der Waals surface area contributed by atoms with Crippen LogP contribution < -0.4 is 4.74 Å². The van der Waals surface area contributed by atoms with Crippen molar-refractivity contribution < 1.29 is 9.15 Å². The van der Waals surface area contributed by atoms with Crippen molar-refractivity contribution in [2.75, 3.05) is 0 Å². The summed E-state index contributed by atoms with van der Waals surface area (Å²) in [5.74, 6) is 1.49. The van der Waals surface area contributed by atoms with Gasteiger partial charge in [-0.15, -0.1) is 0 Å². The fraction of sp³-hybridized carbons (Fsp3) is 0.421. The summed E-state index contributed by atoms with van der Waals surface area (Å²) in [6.07, 6.45) is 6.15. The summed E-state index contributed by atoms with van der Waals surface area (Å²) in [5.41, 5.74) is 3.14. The third kappa shape index (κ3) is 3.02. The number of aromatic nitrogens is 2. The number of hydrogen-bond donors (Lipinski definition) is 0. The maximum absolute atomic E-state index is 6.40. The molecule has 1 aliphatic carbocycles. The van der Waals surface area contributed by atoms with Gasteiger partial charge in [-0.05, 0) is 57.7 Å². The van der Waals surface area contributed by atoms with Crippen LogP contribution in [0, 0.1) is 13.8 Å². The van der Waals surface area contributed by atoms with Crippen LogP contribution in [-0.4, -0.2) is 15.7 Å². The molecular formula is C19H20Cl2N2O2. The van der Waals surface area contributed by atoms with E-state index in [2.05, 4.69) is 5.10 Å².